The van der Waals surface area contributed by atoms with E-state index in [9.17, 15) is 18.0 Å². The fourth-order valence-electron chi connectivity index (χ4n) is 3.89. The van der Waals surface area contributed by atoms with Gasteiger partial charge in [0.05, 0.1) is 18.5 Å². The highest BCUT2D eigenvalue weighted by molar-refractivity contribution is 5.87. The minimum atomic E-state index is -5.08. The fourth-order valence-corrected chi connectivity index (χ4v) is 3.89. The summed E-state index contributed by atoms with van der Waals surface area (Å²) in [5.74, 6) is -1.47. The number of carboxylic acids is 1. The Morgan fingerprint density at radius 1 is 1.22 bits per heavy atom. The predicted molar refractivity (Wildman–Crippen MR) is 127 cm³/mol. The number of carboxylic acid groups (broad SMARTS) is 1. The Morgan fingerprint density at radius 3 is 2.33 bits per heavy atom. The lowest BCUT2D eigenvalue weighted by Gasteiger charge is -2.32. The maximum Gasteiger partial charge on any atom is 0.490 e. The number of methoxy groups -OCH3 is 2. The average Bonchev–Trinajstić information content (AvgIpc) is 3.26. The Labute approximate surface area is 208 Å². The van der Waals surface area contributed by atoms with Crippen molar-refractivity contribution in [2.75, 3.05) is 59.0 Å². The lowest BCUT2D eigenvalue weighted by molar-refractivity contribution is -0.192. The van der Waals surface area contributed by atoms with E-state index in [1.165, 1.54) is 0 Å². The summed E-state index contributed by atoms with van der Waals surface area (Å²) in [5.41, 5.74) is 3.12. The highest BCUT2D eigenvalue weighted by atomic mass is 19.4. The fraction of sp³-hybridized carbons (Fsp3) is 0.652. The minimum Gasteiger partial charge on any atom is -0.475 e. The summed E-state index contributed by atoms with van der Waals surface area (Å²) in [6.45, 7) is 7.34. The number of fused-ring (bicyclic) bond motifs is 1. The quantitative estimate of drug-likeness (QED) is 0.569. The van der Waals surface area contributed by atoms with E-state index in [0.717, 1.165) is 55.0 Å². The van der Waals surface area contributed by atoms with Gasteiger partial charge in [-0.2, -0.15) is 13.2 Å². The zero-order chi connectivity index (χ0) is 27.0. The van der Waals surface area contributed by atoms with Gasteiger partial charge in [0.15, 0.2) is 5.82 Å². The highest BCUT2D eigenvalue weighted by Crippen LogP contribution is 2.33. The van der Waals surface area contributed by atoms with Gasteiger partial charge in [0.25, 0.3) is 0 Å². The van der Waals surface area contributed by atoms with E-state index in [1.807, 2.05) is 18.3 Å². The standard InChI is InChI=1S/C21H33N5O3.C2HF3O2/c1-15(2)26-14-22-20-18(26)12-17(23-21(20)24(3)10-11-28-4)16-6-8-25(9-7-16)19(27)13-29-5;3-2(4,5)1(6)7/h12,14-16H,6-11,13H2,1-5H3;(H,6,7). The first-order valence-electron chi connectivity index (χ1n) is 11.5. The molecule has 3 heterocycles. The van der Waals surface area contributed by atoms with Crippen molar-refractivity contribution in [3.8, 4) is 0 Å². The first-order chi connectivity index (χ1) is 16.9. The number of alkyl halides is 3. The molecule has 0 atom stereocenters. The molecule has 0 radical (unpaired) electrons. The van der Waals surface area contributed by atoms with Crippen LogP contribution >= 0.6 is 0 Å². The van der Waals surface area contributed by atoms with Gasteiger partial charge < -0.3 is 28.9 Å². The maximum absolute atomic E-state index is 12.1. The van der Waals surface area contributed by atoms with Crippen LogP contribution in [0.1, 0.15) is 44.3 Å². The largest absolute Gasteiger partial charge is 0.490 e. The number of hydrogen-bond donors (Lipinski definition) is 1. The first-order valence-corrected chi connectivity index (χ1v) is 11.5. The molecule has 0 spiro atoms. The number of aromatic nitrogens is 3. The van der Waals surface area contributed by atoms with Crippen LogP contribution in [0.25, 0.3) is 11.0 Å². The summed E-state index contributed by atoms with van der Waals surface area (Å²) in [7, 11) is 5.30. The van der Waals surface area contributed by atoms with Crippen molar-refractivity contribution in [3.05, 3.63) is 18.1 Å². The Bertz CT molecular complexity index is 1020. The number of rotatable bonds is 8. The highest BCUT2D eigenvalue weighted by Gasteiger charge is 2.38. The number of hydrogen-bond acceptors (Lipinski definition) is 7. The van der Waals surface area contributed by atoms with Crippen molar-refractivity contribution in [2.45, 2.75) is 44.8 Å². The van der Waals surface area contributed by atoms with Crippen molar-refractivity contribution in [3.63, 3.8) is 0 Å². The molecule has 3 rings (SSSR count). The van der Waals surface area contributed by atoms with E-state index in [1.54, 1.807) is 14.2 Å². The second kappa shape index (κ2) is 12.9. The topological polar surface area (TPSA) is 110 Å². The van der Waals surface area contributed by atoms with Crippen LogP contribution < -0.4 is 4.90 Å². The number of anilines is 1. The number of ether oxygens (including phenoxy) is 2. The summed E-state index contributed by atoms with van der Waals surface area (Å²) >= 11 is 0. The number of imidazole rings is 1. The number of pyridine rings is 1. The van der Waals surface area contributed by atoms with Crippen molar-refractivity contribution in [1.82, 2.24) is 19.4 Å². The van der Waals surface area contributed by atoms with Gasteiger partial charge in [-0.15, -0.1) is 0 Å². The van der Waals surface area contributed by atoms with Crippen molar-refractivity contribution >= 4 is 28.7 Å². The Morgan fingerprint density at radius 2 is 1.83 bits per heavy atom. The van der Waals surface area contributed by atoms with Crippen molar-refractivity contribution < 1.29 is 37.3 Å². The number of nitrogens with zero attached hydrogens (tertiary/aromatic N) is 5. The summed E-state index contributed by atoms with van der Waals surface area (Å²) in [6.07, 6.45) is -1.36. The van der Waals surface area contributed by atoms with Gasteiger partial charge in [0, 0.05) is 58.6 Å². The van der Waals surface area contributed by atoms with Gasteiger partial charge >= 0.3 is 12.1 Å². The molecule has 0 bridgehead atoms. The number of carbonyl (C=O) groups is 2. The number of piperidine rings is 1. The molecule has 36 heavy (non-hydrogen) atoms. The molecule has 1 saturated heterocycles. The van der Waals surface area contributed by atoms with Gasteiger partial charge in [0.2, 0.25) is 5.91 Å². The first kappa shape index (κ1) is 29.3. The third-order valence-corrected chi connectivity index (χ3v) is 5.89. The molecule has 1 N–H and O–H groups in total. The normalized spacial score (nSPS) is 14.6. The summed E-state index contributed by atoms with van der Waals surface area (Å²) < 4.78 is 44.2. The maximum atomic E-state index is 12.1. The Hall–Kier alpha value is -2.93. The van der Waals surface area contributed by atoms with E-state index in [-0.39, 0.29) is 12.5 Å². The van der Waals surface area contributed by atoms with Crippen molar-refractivity contribution in [2.24, 2.45) is 0 Å². The number of carbonyl (C=O) groups excluding carboxylic acids is 1. The van der Waals surface area contributed by atoms with Gasteiger partial charge in [-0.3, -0.25) is 4.79 Å². The number of amides is 1. The molecule has 13 heteroatoms. The van der Waals surface area contributed by atoms with Gasteiger partial charge in [-0.05, 0) is 32.8 Å². The van der Waals surface area contributed by atoms with Crippen molar-refractivity contribution in [1.29, 1.82) is 0 Å². The third kappa shape index (κ3) is 7.53. The number of likely N-dealkylation sites (N-methyl/N-ethyl adjacent to an activating group) is 1. The van der Waals surface area contributed by atoms with E-state index >= 15 is 0 Å². The Balaban J connectivity index is 0.000000572. The molecular weight excluding hydrogens is 483 g/mol. The molecular formula is C23H34F3N5O5. The number of aliphatic carboxylic acids is 1. The second-order valence-corrected chi connectivity index (χ2v) is 8.79. The molecule has 10 nitrogen and oxygen atoms in total. The van der Waals surface area contributed by atoms with E-state index in [0.29, 0.717) is 18.6 Å². The van der Waals surface area contributed by atoms with Gasteiger partial charge in [-0.1, -0.05) is 0 Å². The van der Waals surface area contributed by atoms with Crippen LogP contribution in [0.3, 0.4) is 0 Å². The minimum absolute atomic E-state index is 0.0623. The number of likely N-dealkylation sites (tertiary alicyclic amines) is 1. The lowest BCUT2D eigenvalue weighted by Crippen LogP contribution is -2.40. The van der Waals surface area contributed by atoms with Gasteiger partial charge in [-0.25, -0.2) is 14.8 Å². The lowest BCUT2D eigenvalue weighted by atomic mass is 9.92. The molecule has 202 valence electrons. The molecule has 1 amide bonds. The average molecular weight is 518 g/mol. The second-order valence-electron chi connectivity index (χ2n) is 8.79. The summed E-state index contributed by atoms with van der Waals surface area (Å²) in [4.78, 5) is 34.7. The molecule has 1 aliphatic rings. The van der Waals surface area contributed by atoms with Crippen LogP contribution in [0.5, 0.6) is 0 Å². The predicted octanol–water partition coefficient (Wildman–Crippen LogP) is 3.08. The molecule has 1 fully saturated rings. The van der Waals surface area contributed by atoms with Crippen LogP contribution in [0.15, 0.2) is 12.4 Å². The zero-order valence-electron chi connectivity index (χ0n) is 21.2. The number of halogens is 3. The SMILES string of the molecule is COCCN(C)c1nc(C2CCN(C(=O)COC)CC2)cc2c1ncn2C(C)C.O=C(O)C(F)(F)F. The van der Waals surface area contributed by atoms with Crippen LogP contribution in [0.4, 0.5) is 19.0 Å². The van der Waals surface area contributed by atoms with E-state index in [2.05, 4.69) is 34.4 Å². The smallest absolute Gasteiger partial charge is 0.475 e. The van der Waals surface area contributed by atoms with Gasteiger partial charge in [0.1, 0.15) is 12.1 Å². The summed E-state index contributed by atoms with van der Waals surface area (Å²) in [6, 6.07) is 2.51. The van der Waals surface area contributed by atoms with Crippen LogP contribution in [-0.4, -0.2) is 96.7 Å². The molecule has 2 aromatic heterocycles. The van der Waals surface area contributed by atoms with E-state index in [4.69, 9.17) is 24.4 Å². The van der Waals surface area contributed by atoms with E-state index < -0.39 is 12.1 Å². The Kier molecular flexibility index (Phi) is 10.5. The molecule has 0 aliphatic carbocycles. The molecule has 1 aliphatic heterocycles. The molecule has 2 aromatic rings. The van der Waals surface area contributed by atoms with Crippen LogP contribution in [0, 0.1) is 0 Å². The summed E-state index contributed by atoms with van der Waals surface area (Å²) in [5, 5.41) is 7.12. The molecule has 0 saturated carbocycles. The zero-order valence-corrected chi connectivity index (χ0v) is 21.2. The van der Waals surface area contributed by atoms with Crippen LogP contribution in [-0.2, 0) is 19.1 Å². The van der Waals surface area contributed by atoms with Crippen LogP contribution in [0.2, 0.25) is 0 Å². The molecule has 0 unspecified atom stereocenters. The monoisotopic (exact) mass is 517 g/mol. The molecule has 0 aromatic carbocycles. The third-order valence-electron chi connectivity index (χ3n) is 5.89.